The van der Waals surface area contributed by atoms with E-state index in [0.29, 0.717) is 38.2 Å². The second-order valence-electron chi connectivity index (χ2n) is 6.22. The van der Waals surface area contributed by atoms with Crippen molar-refractivity contribution in [1.29, 1.82) is 0 Å². The lowest BCUT2D eigenvalue weighted by molar-refractivity contribution is 0.179. The number of nitrogens with two attached hydrogens (primary N) is 2. The molecule has 1 aromatic carbocycles. The van der Waals surface area contributed by atoms with Gasteiger partial charge in [-0.1, -0.05) is 24.3 Å². The number of aliphatic imine (C=N–C) groups is 2. The molecule has 0 aliphatic heterocycles. The summed E-state index contributed by atoms with van der Waals surface area (Å²) in [7, 11) is 3.31. The van der Waals surface area contributed by atoms with E-state index in [0.717, 1.165) is 11.1 Å². The Hall–Kier alpha value is -1.59. The first-order valence-electron chi connectivity index (χ1n) is 8.63. The van der Waals surface area contributed by atoms with Crippen molar-refractivity contribution in [3.05, 3.63) is 35.4 Å². The fraction of sp³-hybridized carbons (Fsp3) is 0.556. The molecule has 0 spiro atoms. The van der Waals surface area contributed by atoms with E-state index in [4.69, 9.17) is 20.9 Å². The van der Waals surface area contributed by atoms with Crippen molar-refractivity contribution in [1.82, 2.24) is 10.6 Å². The van der Waals surface area contributed by atoms with Crippen molar-refractivity contribution in [2.75, 3.05) is 27.4 Å². The lowest BCUT2D eigenvalue weighted by atomic mass is 10.1. The van der Waals surface area contributed by atoms with E-state index in [9.17, 15) is 0 Å². The summed E-state index contributed by atoms with van der Waals surface area (Å²) in [5.41, 5.74) is 13.9. The van der Waals surface area contributed by atoms with Gasteiger partial charge in [-0.3, -0.25) is 0 Å². The Kier molecular flexibility index (Phi) is 13.6. The summed E-state index contributed by atoms with van der Waals surface area (Å²) in [6, 6.07) is 8.29. The SMILES string of the molecule is COCC(C)NC(N)=NCc1ccc(CN=C(N)NC(C)COC)cc1.I. The summed E-state index contributed by atoms with van der Waals surface area (Å²) in [6.45, 7) is 6.15. The van der Waals surface area contributed by atoms with Gasteiger partial charge in [0.1, 0.15) is 0 Å². The van der Waals surface area contributed by atoms with Gasteiger partial charge in [-0.05, 0) is 25.0 Å². The minimum atomic E-state index is 0. The van der Waals surface area contributed by atoms with Crippen molar-refractivity contribution in [3.63, 3.8) is 0 Å². The maximum absolute atomic E-state index is 5.86. The molecule has 27 heavy (non-hydrogen) atoms. The molecule has 8 nitrogen and oxygen atoms in total. The topological polar surface area (TPSA) is 119 Å². The van der Waals surface area contributed by atoms with Crippen LogP contribution < -0.4 is 22.1 Å². The zero-order valence-corrected chi connectivity index (χ0v) is 18.9. The highest BCUT2D eigenvalue weighted by Crippen LogP contribution is 2.07. The summed E-state index contributed by atoms with van der Waals surface area (Å²) in [5, 5.41) is 6.15. The lowest BCUT2D eigenvalue weighted by Gasteiger charge is -2.13. The van der Waals surface area contributed by atoms with Crippen molar-refractivity contribution in [2.45, 2.75) is 39.0 Å². The van der Waals surface area contributed by atoms with Crippen LogP contribution in [0, 0.1) is 0 Å². The Balaban J connectivity index is 0.00000676. The van der Waals surface area contributed by atoms with E-state index in [1.807, 2.05) is 38.1 Å². The average Bonchev–Trinajstić information content (AvgIpc) is 2.59. The number of guanidine groups is 2. The Labute approximate surface area is 179 Å². The monoisotopic (exact) mass is 492 g/mol. The summed E-state index contributed by atoms with van der Waals surface area (Å²) < 4.78 is 10.1. The highest BCUT2D eigenvalue weighted by atomic mass is 127. The van der Waals surface area contributed by atoms with Gasteiger partial charge >= 0.3 is 0 Å². The molecule has 0 aliphatic rings. The standard InChI is InChI=1S/C18H32N6O2.HI/c1-13(11-25-3)23-17(19)21-9-15-5-7-16(8-6-15)10-22-18(20)24-14(2)12-26-4;/h5-8,13-14H,9-12H2,1-4H3,(H3,19,21,23)(H3,20,22,24);1H. The number of hydrogen-bond acceptors (Lipinski definition) is 4. The minimum absolute atomic E-state index is 0. The Morgan fingerprint density at radius 2 is 1.19 bits per heavy atom. The number of nitrogens with one attached hydrogen (secondary N) is 2. The van der Waals surface area contributed by atoms with Gasteiger partial charge < -0.3 is 31.6 Å². The average molecular weight is 492 g/mol. The molecular formula is C18H33IN6O2. The molecule has 154 valence electrons. The molecule has 2 atom stereocenters. The minimum Gasteiger partial charge on any atom is -0.383 e. The summed E-state index contributed by atoms with van der Waals surface area (Å²) >= 11 is 0. The van der Waals surface area contributed by atoms with Gasteiger partial charge in [0.25, 0.3) is 0 Å². The predicted octanol–water partition coefficient (Wildman–Crippen LogP) is 1.18. The zero-order chi connectivity index (χ0) is 19.4. The number of ether oxygens (including phenoxy) is 2. The molecule has 0 heterocycles. The molecule has 2 unspecified atom stereocenters. The second-order valence-corrected chi connectivity index (χ2v) is 6.22. The van der Waals surface area contributed by atoms with Crippen LogP contribution in [0.5, 0.6) is 0 Å². The third-order valence-electron chi connectivity index (χ3n) is 3.51. The van der Waals surface area contributed by atoms with Gasteiger partial charge in [0.15, 0.2) is 11.9 Å². The van der Waals surface area contributed by atoms with E-state index in [-0.39, 0.29) is 36.1 Å². The normalized spacial score (nSPS) is 14.2. The molecule has 0 saturated carbocycles. The number of methoxy groups -OCH3 is 2. The van der Waals surface area contributed by atoms with Crippen LogP contribution in [0.1, 0.15) is 25.0 Å². The first-order valence-corrected chi connectivity index (χ1v) is 8.63. The Morgan fingerprint density at radius 3 is 1.48 bits per heavy atom. The van der Waals surface area contributed by atoms with Crippen molar-refractivity contribution < 1.29 is 9.47 Å². The van der Waals surface area contributed by atoms with Crippen molar-refractivity contribution in [3.8, 4) is 0 Å². The largest absolute Gasteiger partial charge is 0.383 e. The zero-order valence-electron chi connectivity index (χ0n) is 16.6. The van der Waals surface area contributed by atoms with Gasteiger partial charge in [0, 0.05) is 26.3 Å². The summed E-state index contributed by atoms with van der Waals surface area (Å²) in [5.74, 6) is 0.819. The Morgan fingerprint density at radius 1 is 0.852 bits per heavy atom. The first-order chi connectivity index (χ1) is 12.4. The number of hydrogen-bond donors (Lipinski definition) is 4. The van der Waals surface area contributed by atoms with E-state index < -0.39 is 0 Å². The van der Waals surface area contributed by atoms with Crippen LogP contribution in [-0.2, 0) is 22.6 Å². The van der Waals surface area contributed by atoms with Gasteiger partial charge in [-0.15, -0.1) is 24.0 Å². The molecule has 0 fully saturated rings. The fourth-order valence-electron chi connectivity index (χ4n) is 2.28. The highest BCUT2D eigenvalue weighted by molar-refractivity contribution is 14.0. The van der Waals surface area contributed by atoms with Gasteiger partial charge in [0.05, 0.1) is 26.3 Å². The van der Waals surface area contributed by atoms with Gasteiger partial charge in [-0.2, -0.15) is 0 Å². The number of nitrogens with zero attached hydrogens (tertiary/aromatic N) is 2. The molecular weight excluding hydrogens is 459 g/mol. The van der Waals surface area contributed by atoms with Crippen LogP contribution in [0.3, 0.4) is 0 Å². The molecule has 0 bridgehead atoms. The molecule has 0 saturated heterocycles. The molecule has 1 aromatic rings. The smallest absolute Gasteiger partial charge is 0.189 e. The molecule has 1 rings (SSSR count). The molecule has 0 radical (unpaired) electrons. The predicted molar refractivity (Wildman–Crippen MR) is 121 cm³/mol. The highest BCUT2D eigenvalue weighted by Gasteiger charge is 2.03. The van der Waals surface area contributed by atoms with Crippen LogP contribution in [-0.4, -0.2) is 51.4 Å². The lowest BCUT2D eigenvalue weighted by Crippen LogP contribution is -2.40. The van der Waals surface area contributed by atoms with Crippen LogP contribution in [0.15, 0.2) is 34.3 Å². The molecule has 0 amide bonds. The summed E-state index contributed by atoms with van der Waals surface area (Å²) in [6.07, 6.45) is 0. The van der Waals surface area contributed by atoms with Crippen LogP contribution in [0.25, 0.3) is 0 Å². The maximum atomic E-state index is 5.86. The number of halogens is 1. The number of benzene rings is 1. The maximum Gasteiger partial charge on any atom is 0.189 e. The first kappa shape index (κ1) is 25.4. The van der Waals surface area contributed by atoms with E-state index in [1.54, 1.807) is 14.2 Å². The van der Waals surface area contributed by atoms with Crippen LogP contribution in [0.4, 0.5) is 0 Å². The second kappa shape index (κ2) is 14.5. The van der Waals surface area contributed by atoms with Crippen molar-refractivity contribution >= 4 is 35.9 Å². The van der Waals surface area contributed by atoms with Crippen LogP contribution in [0.2, 0.25) is 0 Å². The van der Waals surface area contributed by atoms with E-state index in [1.165, 1.54) is 0 Å². The third-order valence-corrected chi connectivity index (χ3v) is 3.51. The fourth-order valence-corrected chi connectivity index (χ4v) is 2.28. The van der Waals surface area contributed by atoms with E-state index >= 15 is 0 Å². The number of rotatable bonds is 10. The third kappa shape index (κ3) is 11.7. The molecule has 0 aromatic heterocycles. The van der Waals surface area contributed by atoms with Gasteiger partial charge in [-0.25, -0.2) is 9.98 Å². The summed E-state index contributed by atoms with van der Waals surface area (Å²) in [4.78, 5) is 8.66. The molecule has 0 aliphatic carbocycles. The molecule has 6 N–H and O–H groups in total. The van der Waals surface area contributed by atoms with E-state index in [2.05, 4.69) is 20.6 Å². The van der Waals surface area contributed by atoms with Gasteiger partial charge in [0.2, 0.25) is 0 Å². The molecule has 9 heteroatoms. The Bertz CT molecular complexity index is 529. The quantitative estimate of drug-likeness (QED) is 0.221. The van der Waals surface area contributed by atoms with Crippen molar-refractivity contribution in [2.24, 2.45) is 21.5 Å². The van der Waals surface area contributed by atoms with Crippen LogP contribution >= 0.6 is 24.0 Å².